The van der Waals surface area contributed by atoms with Crippen LogP contribution in [0.2, 0.25) is 0 Å². The Morgan fingerprint density at radius 2 is 2.33 bits per heavy atom. The monoisotopic (exact) mass is 205 g/mol. The van der Waals surface area contributed by atoms with Crippen molar-refractivity contribution in [2.24, 2.45) is 11.7 Å². The van der Waals surface area contributed by atoms with Crippen molar-refractivity contribution in [2.45, 2.75) is 18.9 Å². The first-order chi connectivity index (χ1) is 7.34. The van der Waals surface area contributed by atoms with Crippen molar-refractivity contribution < 1.29 is 8.94 Å². The summed E-state index contributed by atoms with van der Waals surface area (Å²) in [5, 5.41) is 3.88. The second kappa shape index (κ2) is 3.20. The molecule has 1 fully saturated rings. The van der Waals surface area contributed by atoms with Crippen molar-refractivity contribution in [3.8, 4) is 11.5 Å². The molecule has 1 aliphatic rings. The Bertz CT molecular complexity index is 445. The van der Waals surface area contributed by atoms with Crippen molar-refractivity contribution in [1.82, 2.24) is 10.1 Å². The van der Waals surface area contributed by atoms with Crippen molar-refractivity contribution in [3.63, 3.8) is 0 Å². The van der Waals surface area contributed by atoms with Crippen LogP contribution < -0.4 is 5.73 Å². The third-order valence-electron chi connectivity index (χ3n) is 2.64. The van der Waals surface area contributed by atoms with E-state index in [1.165, 1.54) is 0 Å². The number of aromatic nitrogens is 2. The summed E-state index contributed by atoms with van der Waals surface area (Å²) in [7, 11) is 0. The molecule has 1 atom stereocenters. The van der Waals surface area contributed by atoms with Gasteiger partial charge in [-0.3, -0.25) is 0 Å². The summed E-state index contributed by atoms with van der Waals surface area (Å²) in [6.45, 7) is 0. The normalized spacial score (nSPS) is 17.9. The van der Waals surface area contributed by atoms with E-state index < -0.39 is 0 Å². The molecular formula is C10H11N3O2. The van der Waals surface area contributed by atoms with Crippen LogP contribution in [0.5, 0.6) is 0 Å². The van der Waals surface area contributed by atoms with E-state index in [4.69, 9.17) is 14.7 Å². The van der Waals surface area contributed by atoms with Gasteiger partial charge >= 0.3 is 0 Å². The predicted molar refractivity (Wildman–Crippen MR) is 51.7 cm³/mol. The van der Waals surface area contributed by atoms with Crippen molar-refractivity contribution in [1.29, 1.82) is 0 Å². The standard InChI is InChI=1S/C10H11N3O2/c11-8(6-1-2-6)9-12-10(15-13-9)7-3-4-14-5-7/h3-6,8H,1-2,11H2. The van der Waals surface area contributed by atoms with Crippen LogP contribution in [0.1, 0.15) is 24.7 Å². The molecule has 0 aliphatic heterocycles. The molecule has 1 saturated carbocycles. The minimum Gasteiger partial charge on any atom is -0.472 e. The van der Waals surface area contributed by atoms with E-state index in [9.17, 15) is 0 Å². The Morgan fingerprint density at radius 1 is 1.47 bits per heavy atom. The lowest BCUT2D eigenvalue weighted by Crippen LogP contribution is -2.13. The third kappa shape index (κ3) is 1.55. The maximum Gasteiger partial charge on any atom is 0.261 e. The number of nitrogens with zero attached hydrogens (tertiary/aromatic N) is 2. The van der Waals surface area contributed by atoms with Gasteiger partial charge in [-0.15, -0.1) is 0 Å². The number of hydrogen-bond donors (Lipinski definition) is 1. The van der Waals surface area contributed by atoms with Crippen LogP contribution in [0, 0.1) is 5.92 Å². The first-order valence-electron chi connectivity index (χ1n) is 4.96. The van der Waals surface area contributed by atoms with E-state index in [0.717, 1.165) is 18.4 Å². The van der Waals surface area contributed by atoms with Gasteiger partial charge in [0.05, 0.1) is 17.9 Å². The molecule has 2 aromatic rings. The van der Waals surface area contributed by atoms with Gasteiger partial charge in [-0.25, -0.2) is 0 Å². The summed E-state index contributed by atoms with van der Waals surface area (Å²) in [5.41, 5.74) is 6.75. The molecule has 5 nitrogen and oxygen atoms in total. The molecule has 3 rings (SSSR count). The van der Waals surface area contributed by atoms with Gasteiger partial charge in [0.25, 0.3) is 5.89 Å². The predicted octanol–water partition coefficient (Wildman–Crippen LogP) is 1.74. The summed E-state index contributed by atoms with van der Waals surface area (Å²) in [6, 6.07) is 1.69. The smallest absolute Gasteiger partial charge is 0.261 e. The molecule has 0 amide bonds. The number of furan rings is 1. The van der Waals surface area contributed by atoms with Gasteiger partial charge in [-0.1, -0.05) is 5.16 Å². The maximum atomic E-state index is 5.96. The first-order valence-corrected chi connectivity index (χ1v) is 4.96. The fourth-order valence-electron chi connectivity index (χ4n) is 1.54. The summed E-state index contributed by atoms with van der Waals surface area (Å²) in [6.07, 6.45) is 5.47. The van der Waals surface area contributed by atoms with Gasteiger partial charge in [-0.05, 0) is 24.8 Å². The lowest BCUT2D eigenvalue weighted by Gasteiger charge is -2.01. The molecular weight excluding hydrogens is 194 g/mol. The molecule has 1 aliphatic carbocycles. The minimum atomic E-state index is -0.0885. The summed E-state index contributed by atoms with van der Waals surface area (Å²) in [5.74, 6) is 1.59. The molecule has 0 aromatic carbocycles. The molecule has 5 heteroatoms. The summed E-state index contributed by atoms with van der Waals surface area (Å²) >= 11 is 0. The SMILES string of the molecule is NC(c1noc(-c2ccoc2)n1)C1CC1. The van der Waals surface area contributed by atoms with Gasteiger partial charge in [0.1, 0.15) is 6.26 Å². The number of nitrogens with two attached hydrogens (primary N) is 1. The molecule has 15 heavy (non-hydrogen) atoms. The highest BCUT2D eigenvalue weighted by atomic mass is 16.5. The molecule has 0 radical (unpaired) electrons. The van der Waals surface area contributed by atoms with Gasteiger partial charge < -0.3 is 14.7 Å². The molecule has 78 valence electrons. The van der Waals surface area contributed by atoms with E-state index in [0.29, 0.717) is 17.6 Å². The highest BCUT2D eigenvalue weighted by Gasteiger charge is 2.32. The maximum absolute atomic E-state index is 5.96. The zero-order valence-corrected chi connectivity index (χ0v) is 8.09. The van der Waals surface area contributed by atoms with Crippen LogP contribution in [-0.4, -0.2) is 10.1 Å². The minimum absolute atomic E-state index is 0.0885. The molecule has 2 N–H and O–H groups in total. The van der Waals surface area contributed by atoms with Crippen molar-refractivity contribution in [2.75, 3.05) is 0 Å². The zero-order valence-electron chi connectivity index (χ0n) is 8.09. The Hall–Kier alpha value is -1.62. The quantitative estimate of drug-likeness (QED) is 0.825. The Morgan fingerprint density at radius 3 is 3.00 bits per heavy atom. The van der Waals surface area contributed by atoms with Crippen LogP contribution in [-0.2, 0) is 0 Å². The average molecular weight is 205 g/mol. The highest BCUT2D eigenvalue weighted by molar-refractivity contribution is 5.49. The summed E-state index contributed by atoms with van der Waals surface area (Å²) < 4.78 is 10.0. The van der Waals surface area contributed by atoms with E-state index in [2.05, 4.69) is 10.1 Å². The van der Waals surface area contributed by atoms with Gasteiger partial charge in [0.15, 0.2) is 5.82 Å². The van der Waals surface area contributed by atoms with E-state index in [1.54, 1.807) is 18.6 Å². The largest absolute Gasteiger partial charge is 0.472 e. The van der Waals surface area contributed by atoms with Gasteiger partial charge in [0, 0.05) is 0 Å². The van der Waals surface area contributed by atoms with Gasteiger partial charge in [-0.2, -0.15) is 4.98 Å². The molecule has 0 saturated heterocycles. The van der Waals surface area contributed by atoms with Crippen LogP contribution >= 0.6 is 0 Å². The van der Waals surface area contributed by atoms with Crippen LogP contribution in [0.4, 0.5) is 0 Å². The molecule has 2 heterocycles. The fraction of sp³-hybridized carbons (Fsp3) is 0.400. The van der Waals surface area contributed by atoms with Crippen LogP contribution in [0.25, 0.3) is 11.5 Å². The first kappa shape index (κ1) is 8.67. The molecule has 2 aromatic heterocycles. The highest BCUT2D eigenvalue weighted by Crippen LogP contribution is 2.38. The lowest BCUT2D eigenvalue weighted by molar-refractivity contribution is 0.411. The topological polar surface area (TPSA) is 78.1 Å². The molecule has 0 bridgehead atoms. The van der Waals surface area contributed by atoms with Crippen molar-refractivity contribution in [3.05, 3.63) is 24.4 Å². The third-order valence-corrected chi connectivity index (χ3v) is 2.64. The van der Waals surface area contributed by atoms with Crippen LogP contribution in [0.3, 0.4) is 0 Å². The lowest BCUT2D eigenvalue weighted by atomic mass is 10.2. The number of hydrogen-bond acceptors (Lipinski definition) is 5. The average Bonchev–Trinajstić information content (AvgIpc) is 2.80. The Balaban J connectivity index is 1.87. The van der Waals surface area contributed by atoms with Gasteiger partial charge in [0.2, 0.25) is 0 Å². The summed E-state index contributed by atoms with van der Waals surface area (Å²) in [4.78, 5) is 4.25. The molecule has 1 unspecified atom stereocenters. The second-order valence-electron chi connectivity index (χ2n) is 3.83. The van der Waals surface area contributed by atoms with E-state index in [1.807, 2.05) is 0 Å². The zero-order chi connectivity index (χ0) is 10.3. The Labute approximate surface area is 86.3 Å². The van der Waals surface area contributed by atoms with E-state index >= 15 is 0 Å². The van der Waals surface area contributed by atoms with Crippen LogP contribution in [0.15, 0.2) is 27.5 Å². The number of rotatable bonds is 3. The fourth-order valence-corrected chi connectivity index (χ4v) is 1.54. The molecule has 0 spiro atoms. The Kier molecular flexibility index (Phi) is 1.85. The van der Waals surface area contributed by atoms with E-state index in [-0.39, 0.29) is 6.04 Å². The second-order valence-corrected chi connectivity index (χ2v) is 3.83. The van der Waals surface area contributed by atoms with Crippen molar-refractivity contribution >= 4 is 0 Å².